The Kier molecular flexibility index (Phi) is 5.12. The van der Waals surface area contributed by atoms with Crippen molar-refractivity contribution in [1.29, 1.82) is 0 Å². The van der Waals surface area contributed by atoms with Crippen molar-refractivity contribution >= 4 is 17.5 Å². The molecule has 1 aromatic carbocycles. The highest BCUT2D eigenvalue weighted by Gasteiger charge is 2.12. The molecular weight excluding hydrogens is 278 g/mol. The van der Waals surface area contributed by atoms with Crippen molar-refractivity contribution in [3.63, 3.8) is 0 Å². The fourth-order valence-corrected chi connectivity index (χ4v) is 1.90. The zero-order chi connectivity index (χ0) is 14.4. The SMILES string of the molecule is CCCNC(=O)CCc1nc(-c2ccccc2Cl)no1. The molecule has 0 radical (unpaired) electrons. The van der Waals surface area contributed by atoms with Gasteiger partial charge in [-0.25, -0.2) is 0 Å². The lowest BCUT2D eigenvalue weighted by atomic mass is 10.2. The van der Waals surface area contributed by atoms with Gasteiger partial charge in [0.2, 0.25) is 17.6 Å². The minimum absolute atomic E-state index is 0.00987. The number of aromatic nitrogens is 2. The van der Waals surface area contributed by atoms with Crippen LogP contribution in [0.4, 0.5) is 0 Å². The first kappa shape index (κ1) is 14.5. The van der Waals surface area contributed by atoms with Crippen LogP contribution in [0.25, 0.3) is 11.4 Å². The number of amides is 1. The molecule has 0 fully saturated rings. The quantitative estimate of drug-likeness (QED) is 0.889. The van der Waals surface area contributed by atoms with Crippen LogP contribution in [0.2, 0.25) is 5.02 Å². The van der Waals surface area contributed by atoms with Crippen LogP contribution in [0.3, 0.4) is 0 Å². The van der Waals surface area contributed by atoms with Gasteiger partial charge in [0.15, 0.2) is 0 Å². The number of nitrogens with zero attached hydrogens (tertiary/aromatic N) is 2. The average Bonchev–Trinajstić information content (AvgIpc) is 2.92. The van der Waals surface area contributed by atoms with Crippen LogP contribution in [0.5, 0.6) is 0 Å². The van der Waals surface area contributed by atoms with Gasteiger partial charge in [0.05, 0.1) is 5.02 Å². The summed E-state index contributed by atoms with van der Waals surface area (Å²) in [5.74, 6) is 0.871. The van der Waals surface area contributed by atoms with Crippen LogP contribution in [0.15, 0.2) is 28.8 Å². The van der Waals surface area contributed by atoms with E-state index in [1.807, 2.05) is 25.1 Å². The van der Waals surface area contributed by atoms with Gasteiger partial charge in [0.1, 0.15) is 0 Å². The molecule has 20 heavy (non-hydrogen) atoms. The monoisotopic (exact) mass is 293 g/mol. The molecule has 1 aromatic heterocycles. The molecule has 6 heteroatoms. The second-order valence-corrected chi connectivity index (χ2v) is 4.75. The Morgan fingerprint density at radius 3 is 2.95 bits per heavy atom. The zero-order valence-corrected chi connectivity index (χ0v) is 12.0. The highest BCUT2D eigenvalue weighted by molar-refractivity contribution is 6.33. The van der Waals surface area contributed by atoms with Crippen LogP contribution in [-0.2, 0) is 11.2 Å². The highest BCUT2D eigenvalue weighted by atomic mass is 35.5. The molecule has 1 heterocycles. The van der Waals surface area contributed by atoms with Crippen LogP contribution in [0, 0.1) is 0 Å². The molecule has 1 N–H and O–H groups in total. The van der Waals surface area contributed by atoms with Gasteiger partial charge in [-0.05, 0) is 18.6 Å². The van der Waals surface area contributed by atoms with Crippen molar-refractivity contribution in [2.75, 3.05) is 6.54 Å². The molecule has 0 spiro atoms. The Bertz CT molecular complexity index is 583. The smallest absolute Gasteiger partial charge is 0.227 e. The summed E-state index contributed by atoms with van der Waals surface area (Å²) in [4.78, 5) is 15.7. The fraction of sp³-hybridized carbons (Fsp3) is 0.357. The number of rotatable bonds is 6. The minimum atomic E-state index is -0.00987. The lowest BCUT2D eigenvalue weighted by molar-refractivity contribution is -0.121. The van der Waals surface area contributed by atoms with E-state index in [0.29, 0.717) is 36.1 Å². The van der Waals surface area contributed by atoms with Gasteiger partial charge in [-0.3, -0.25) is 4.79 Å². The van der Waals surface area contributed by atoms with E-state index in [2.05, 4.69) is 15.5 Å². The normalized spacial score (nSPS) is 10.5. The summed E-state index contributed by atoms with van der Waals surface area (Å²) >= 11 is 6.07. The lowest BCUT2D eigenvalue weighted by Gasteiger charge is -2.00. The first-order valence-electron chi connectivity index (χ1n) is 6.55. The number of carbonyl (C=O) groups excluding carboxylic acids is 1. The summed E-state index contributed by atoms with van der Waals surface area (Å²) in [5, 5.41) is 7.26. The van der Waals surface area contributed by atoms with E-state index in [4.69, 9.17) is 16.1 Å². The molecule has 2 aromatic rings. The van der Waals surface area contributed by atoms with E-state index in [1.165, 1.54) is 0 Å². The number of hydrogen-bond donors (Lipinski definition) is 1. The van der Waals surface area contributed by atoms with E-state index in [0.717, 1.165) is 12.0 Å². The second kappa shape index (κ2) is 7.05. The van der Waals surface area contributed by atoms with Crippen molar-refractivity contribution in [1.82, 2.24) is 15.5 Å². The number of benzene rings is 1. The van der Waals surface area contributed by atoms with E-state index in [9.17, 15) is 4.79 Å². The summed E-state index contributed by atoms with van der Waals surface area (Å²) < 4.78 is 5.13. The number of nitrogens with one attached hydrogen (secondary N) is 1. The van der Waals surface area contributed by atoms with E-state index < -0.39 is 0 Å². The highest BCUT2D eigenvalue weighted by Crippen LogP contribution is 2.24. The Balaban J connectivity index is 1.96. The predicted molar refractivity (Wildman–Crippen MR) is 76.4 cm³/mol. The topological polar surface area (TPSA) is 68.0 Å². The number of hydrogen-bond acceptors (Lipinski definition) is 4. The summed E-state index contributed by atoms with van der Waals surface area (Å²) in [7, 11) is 0. The van der Waals surface area contributed by atoms with Crippen LogP contribution < -0.4 is 5.32 Å². The third-order valence-corrected chi connectivity index (χ3v) is 3.05. The number of carbonyl (C=O) groups is 1. The number of aryl methyl sites for hydroxylation is 1. The minimum Gasteiger partial charge on any atom is -0.356 e. The summed E-state index contributed by atoms with van der Waals surface area (Å²) in [6.07, 6.45) is 1.68. The van der Waals surface area contributed by atoms with E-state index in [-0.39, 0.29) is 5.91 Å². The Morgan fingerprint density at radius 2 is 2.20 bits per heavy atom. The summed E-state index contributed by atoms with van der Waals surface area (Å²) in [5.41, 5.74) is 0.722. The third-order valence-electron chi connectivity index (χ3n) is 2.72. The predicted octanol–water partition coefficient (Wildman–Crippen LogP) is 2.85. The lowest BCUT2D eigenvalue weighted by Crippen LogP contribution is -2.24. The molecule has 0 unspecified atom stereocenters. The summed E-state index contributed by atoms with van der Waals surface area (Å²) in [6.45, 7) is 2.70. The Hall–Kier alpha value is -1.88. The molecule has 1 amide bonds. The van der Waals surface area contributed by atoms with Gasteiger partial charge in [-0.1, -0.05) is 35.8 Å². The van der Waals surface area contributed by atoms with Crippen molar-refractivity contribution < 1.29 is 9.32 Å². The first-order valence-corrected chi connectivity index (χ1v) is 6.92. The molecule has 0 saturated carbocycles. The first-order chi connectivity index (χ1) is 9.70. The summed E-state index contributed by atoms with van der Waals surface area (Å²) in [6, 6.07) is 7.29. The Morgan fingerprint density at radius 1 is 1.40 bits per heavy atom. The van der Waals surface area contributed by atoms with Gasteiger partial charge < -0.3 is 9.84 Å². The van der Waals surface area contributed by atoms with Gasteiger partial charge in [-0.15, -0.1) is 0 Å². The van der Waals surface area contributed by atoms with Crippen LogP contribution >= 0.6 is 11.6 Å². The third kappa shape index (κ3) is 3.81. The molecule has 0 aliphatic heterocycles. The fourth-order valence-electron chi connectivity index (χ4n) is 1.68. The Labute approximate surface area is 122 Å². The zero-order valence-electron chi connectivity index (χ0n) is 11.2. The molecule has 0 aliphatic rings. The van der Waals surface area contributed by atoms with Gasteiger partial charge in [0, 0.05) is 24.9 Å². The second-order valence-electron chi connectivity index (χ2n) is 4.34. The molecule has 106 valence electrons. The van der Waals surface area contributed by atoms with Gasteiger partial charge in [-0.2, -0.15) is 4.98 Å². The van der Waals surface area contributed by atoms with Gasteiger partial charge in [0.25, 0.3) is 0 Å². The van der Waals surface area contributed by atoms with Crippen molar-refractivity contribution in [2.45, 2.75) is 26.2 Å². The molecule has 0 atom stereocenters. The maximum Gasteiger partial charge on any atom is 0.227 e. The standard InChI is InChI=1S/C14H16ClN3O2/c1-2-9-16-12(19)7-8-13-17-14(18-20-13)10-5-3-4-6-11(10)15/h3-6H,2,7-9H2,1H3,(H,16,19). The molecule has 0 bridgehead atoms. The van der Waals surface area contributed by atoms with Crippen molar-refractivity contribution in [3.8, 4) is 11.4 Å². The molecular formula is C14H16ClN3O2. The van der Waals surface area contributed by atoms with Crippen LogP contribution in [-0.4, -0.2) is 22.6 Å². The van der Waals surface area contributed by atoms with Crippen molar-refractivity contribution in [2.24, 2.45) is 0 Å². The van der Waals surface area contributed by atoms with E-state index >= 15 is 0 Å². The largest absolute Gasteiger partial charge is 0.356 e. The molecule has 0 aliphatic carbocycles. The molecule has 0 saturated heterocycles. The van der Waals surface area contributed by atoms with Crippen LogP contribution in [0.1, 0.15) is 25.7 Å². The maximum atomic E-state index is 11.5. The van der Waals surface area contributed by atoms with Gasteiger partial charge >= 0.3 is 0 Å². The van der Waals surface area contributed by atoms with E-state index in [1.54, 1.807) is 6.07 Å². The molecule has 2 rings (SSSR count). The maximum absolute atomic E-state index is 11.5. The van der Waals surface area contributed by atoms with Crippen molar-refractivity contribution in [3.05, 3.63) is 35.2 Å². The number of halogens is 1. The molecule has 5 nitrogen and oxygen atoms in total. The average molecular weight is 294 g/mol.